The Morgan fingerprint density at radius 3 is 2.43 bits per heavy atom. The number of allylic oxidation sites excluding steroid dienone is 1. The predicted octanol–water partition coefficient (Wildman–Crippen LogP) is 6.05. The average Bonchev–Trinajstić information content (AvgIpc) is 3.10. The molecule has 1 unspecified atom stereocenters. The van der Waals surface area contributed by atoms with Crippen LogP contribution in [0.4, 0.5) is 0 Å². The van der Waals surface area contributed by atoms with Crippen molar-refractivity contribution in [1.82, 2.24) is 15.0 Å². The second-order valence-corrected chi connectivity index (χ2v) is 9.03. The fourth-order valence-electron chi connectivity index (χ4n) is 4.38. The first kappa shape index (κ1) is 20.8. The van der Waals surface area contributed by atoms with Crippen LogP contribution in [0.5, 0.6) is 0 Å². The third-order valence-electron chi connectivity index (χ3n) is 5.90. The van der Waals surface area contributed by atoms with E-state index >= 15 is 0 Å². The molecule has 2 aromatic carbocycles. The van der Waals surface area contributed by atoms with Gasteiger partial charge in [0.15, 0.2) is 0 Å². The van der Waals surface area contributed by atoms with Crippen molar-refractivity contribution in [3.63, 3.8) is 0 Å². The van der Waals surface area contributed by atoms with Crippen LogP contribution in [0.15, 0.2) is 42.6 Å². The van der Waals surface area contributed by atoms with E-state index < -0.39 is 0 Å². The van der Waals surface area contributed by atoms with E-state index in [4.69, 9.17) is 9.97 Å². The predicted molar refractivity (Wildman–Crippen MR) is 119 cm³/mol. The molecule has 1 atom stereocenters. The minimum atomic E-state index is -0.105. The van der Waals surface area contributed by atoms with E-state index in [9.17, 15) is 0 Å². The summed E-state index contributed by atoms with van der Waals surface area (Å²) in [4.78, 5) is 14.1. The van der Waals surface area contributed by atoms with Crippen LogP contribution in [0.25, 0.3) is 27.9 Å². The summed E-state index contributed by atoms with van der Waals surface area (Å²) in [5.41, 5.74) is 8.26. The Hall–Kier alpha value is -2.42. The zero-order valence-electron chi connectivity index (χ0n) is 17.9. The van der Waals surface area contributed by atoms with E-state index in [0.29, 0.717) is 0 Å². The third-order valence-corrected chi connectivity index (χ3v) is 5.90. The molecule has 3 nitrogen and oxygen atoms in total. The maximum atomic E-state index is 4.86. The van der Waals surface area contributed by atoms with Crippen molar-refractivity contribution in [2.45, 2.75) is 46.0 Å². The molecule has 0 spiro atoms. The Balaban J connectivity index is 0.00000218. The molecule has 0 saturated heterocycles. The van der Waals surface area contributed by atoms with Crippen LogP contribution in [-0.4, -0.2) is 15.0 Å². The van der Waals surface area contributed by atoms with Gasteiger partial charge in [0.05, 0.1) is 0 Å². The summed E-state index contributed by atoms with van der Waals surface area (Å²) >= 11 is 0. The summed E-state index contributed by atoms with van der Waals surface area (Å²) in [6.45, 7) is 10.7. The summed E-state index contributed by atoms with van der Waals surface area (Å²) in [5.74, 6) is 1.06. The van der Waals surface area contributed by atoms with Crippen LogP contribution >= 0.6 is 0 Å². The first-order valence-electron chi connectivity index (χ1n) is 10.1. The minimum Gasteiger partial charge on any atom is -0.338 e. The first-order valence-corrected chi connectivity index (χ1v) is 10.1. The normalized spacial score (nSPS) is 15.4. The number of pyridine rings is 1. The van der Waals surface area contributed by atoms with E-state index in [1.165, 1.54) is 27.8 Å². The zero-order chi connectivity index (χ0) is 20.3. The smallest absolute Gasteiger partial charge is 0.0489 e. The molecule has 0 bridgehead atoms. The van der Waals surface area contributed by atoms with E-state index in [1.807, 2.05) is 6.20 Å². The maximum Gasteiger partial charge on any atom is 0.0489 e. The Labute approximate surface area is 191 Å². The fraction of sp³-hybridized carbons (Fsp3) is 0.269. The topological polar surface area (TPSA) is 38.7 Å². The first-order chi connectivity index (χ1) is 13.8. The summed E-state index contributed by atoms with van der Waals surface area (Å²) in [7, 11) is 0. The molecule has 0 saturated carbocycles. The molecule has 4 aromatic rings. The molecular formula is C26H24IrN3-. The number of aryl methyl sites for hydroxylation is 2. The number of hydrogen-bond donors (Lipinski definition) is 0. The Morgan fingerprint density at radius 2 is 1.73 bits per heavy atom. The van der Waals surface area contributed by atoms with Gasteiger partial charge in [-0.1, -0.05) is 68.6 Å². The minimum absolute atomic E-state index is 0. The van der Waals surface area contributed by atoms with Gasteiger partial charge in [-0.2, -0.15) is 0 Å². The number of nitrogens with zero attached hydrogens (tertiary/aromatic N) is 3. The van der Waals surface area contributed by atoms with Crippen molar-refractivity contribution in [3.05, 3.63) is 82.4 Å². The third kappa shape index (κ3) is 3.19. The van der Waals surface area contributed by atoms with E-state index in [-0.39, 0.29) is 31.4 Å². The van der Waals surface area contributed by atoms with Gasteiger partial charge in [-0.25, -0.2) is 0 Å². The molecule has 4 heteroatoms. The molecule has 1 aliphatic carbocycles. The summed E-state index contributed by atoms with van der Waals surface area (Å²) in [5, 5.41) is 2.03. The standard InChI is InChI=1S/C26H24N3.Ir/c1-15-7-6-8-16(2)23(15)18-10-9-17-19-11-12-22-21(24(19)27-13-20(17)18)14-28-25(29-22)26(3,4)5;/h6-13,18H,1-5H3;/q-1;. The van der Waals surface area contributed by atoms with Crippen LogP contribution in [-0.2, 0) is 25.5 Å². The molecule has 0 fully saturated rings. The van der Waals surface area contributed by atoms with Crippen molar-refractivity contribution < 1.29 is 20.1 Å². The van der Waals surface area contributed by atoms with Gasteiger partial charge in [-0.3, -0.25) is 0 Å². The van der Waals surface area contributed by atoms with Crippen molar-refractivity contribution in [2.24, 2.45) is 0 Å². The summed E-state index contributed by atoms with van der Waals surface area (Å²) < 4.78 is 0. The molecule has 30 heavy (non-hydrogen) atoms. The molecule has 2 aromatic heterocycles. The molecule has 2 heterocycles. The number of hydrogen-bond acceptors (Lipinski definition) is 3. The Bertz CT molecular complexity index is 1300. The van der Waals surface area contributed by atoms with Gasteiger partial charge < -0.3 is 15.0 Å². The molecule has 0 amide bonds. The Morgan fingerprint density at radius 1 is 1.00 bits per heavy atom. The fourth-order valence-corrected chi connectivity index (χ4v) is 4.38. The summed E-state index contributed by atoms with van der Waals surface area (Å²) in [6.07, 6.45) is 9.79. The maximum absolute atomic E-state index is 4.86. The monoisotopic (exact) mass is 571 g/mol. The molecule has 1 aliphatic rings. The van der Waals surface area contributed by atoms with Crippen molar-refractivity contribution >= 4 is 27.9 Å². The number of aromatic nitrogens is 3. The van der Waals surface area contributed by atoms with Gasteiger partial charge in [0, 0.05) is 38.0 Å². The van der Waals surface area contributed by atoms with Crippen molar-refractivity contribution in [1.29, 1.82) is 0 Å². The molecule has 0 N–H and O–H groups in total. The molecule has 0 aliphatic heterocycles. The van der Waals surface area contributed by atoms with E-state index in [1.54, 1.807) is 0 Å². The molecular weight excluding hydrogens is 547 g/mol. The van der Waals surface area contributed by atoms with Crippen LogP contribution in [0.2, 0.25) is 0 Å². The zero-order valence-corrected chi connectivity index (χ0v) is 20.3. The number of rotatable bonds is 1. The van der Waals surface area contributed by atoms with E-state index in [0.717, 1.165) is 27.6 Å². The second-order valence-electron chi connectivity index (χ2n) is 9.03. The van der Waals surface area contributed by atoms with Gasteiger partial charge >= 0.3 is 0 Å². The van der Waals surface area contributed by atoms with E-state index in [2.05, 4.69) is 88.3 Å². The molecule has 5 rings (SSSR count). The number of benzene rings is 2. The SMILES string of the molecule is Cc1cccc(C)c1C1C=Cc2c1cnc1c2ccc2nc(C(C)(C)C)n[c-]c21.[Ir]. The van der Waals surface area contributed by atoms with Gasteiger partial charge in [0.1, 0.15) is 0 Å². The van der Waals surface area contributed by atoms with Crippen LogP contribution < -0.4 is 0 Å². The molecule has 153 valence electrons. The van der Waals surface area contributed by atoms with Crippen LogP contribution in [0.1, 0.15) is 60.3 Å². The van der Waals surface area contributed by atoms with Crippen molar-refractivity contribution in [2.75, 3.05) is 0 Å². The van der Waals surface area contributed by atoms with Gasteiger partial charge in [-0.15, -0.1) is 0 Å². The number of fused-ring (bicyclic) bond motifs is 5. The largest absolute Gasteiger partial charge is 0.338 e. The second kappa shape index (κ2) is 7.37. The van der Waals surface area contributed by atoms with Crippen LogP contribution in [0.3, 0.4) is 0 Å². The van der Waals surface area contributed by atoms with Gasteiger partial charge in [0.25, 0.3) is 0 Å². The van der Waals surface area contributed by atoms with Gasteiger partial charge in [0.2, 0.25) is 0 Å². The van der Waals surface area contributed by atoms with Crippen LogP contribution in [0, 0.1) is 20.0 Å². The molecule has 1 radical (unpaired) electrons. The average molecular weight is 571 g/mol. The Kier molecular flexibility index (Phi) is 5.12. The van der Waals surface area contributed by atoms with Gasteiger partial charge in [-0.05, 0) is 69.7 Å². The van der Waals surface area contributed by atoms with Crippen molar-refractivity contribution in [3.8, 4) is 0 Å². The quantitative estimate of drug-likeness (QED) is 0.207. The summed E-state index contributed by atoms with van der Waals surface area (Å²) in [6, 6.07) is 10.7.